The van der Waals surface area contributed by atoms with E-state index in [2.05, 4.69) is 10.3 Å². The van der Waals surface area contributed by atoms with Crippen molar-refractivity contribution in [3.63, 3.8) is 0 Å². The molecule has 1 aliphatic heterocycles. The molecule has 1 saturated heterocycles. The highest BCUT2D eigenvalue weighted by Gasteiger charge is 2.55. The van der Waals surface area contributed by atoms with Gasteiger partial charge in [-0.2, -0.15) is 0 Å². The van der Waals surface area contributed by atoms with Crippen LogP contribution in [0, 0.1) is 19.8 Å². The first-order chi connectivity index (χ1) is 13.8. The standard InChI is InChI=1S/C22H26N4O3/c1-14-8-4-6-10-22(14)20(28)25(21(29)24-22)13-18(27)17-12-15(2)26(16(17)3)19-9-5-7-11-23-19/h5,7,9,11-12,14H,4,6,8,10,13H2,1-3H3,(H,24,29)/t14-,22-/m0/s1. The molecule has 0 unspecified atom stereocenters. The predicted octanol–water partition coefficient (Wildman–Crippen LogP) is 3.17. The van der Waals surface area contributed by atoms with E-state index in [4.69, 9.17) is 0 Å². The van der Waals surface area contributed by atoms with Crippen LogP contribution in [0.4, 0.5) is 4.79 Å². The van der Waals surface area contributed by atoms with Gasteiger partial charge in [-0.25, -0.2) is 9.78 Å². The lowest BCUT2D eigenvalue weighted by molar-refractivity contribution is -0.133. The predicted molar refractivity (Wildman–Crippen MR) is 108 cm³/mol. The Kier molecular flexibility index (Phi) is 4.76. The molecular formula is C22H26N4O3. The van der Waals surface area contributed by atoms with E-state index in [9.17, 15) is 14.4 Å². The first kappa shape index (κ1) is 19.4. The number of carbonyl (C=O) groups excluding carboxylic acids is 3. The Labute approximate surface area is 170 Å². The number of aromatic nitrogens is 2. The second-order valence-corrected chi connectivity index (χ2v) is 8.17. The molecule has 1 spiro atoms. The number of carbonyl (C=O) groups is 3. The zero-order valence-electron chi connectivity index (χ0n) is 17.1. The van der Waals surface area contributed by atoms with Crippen LogP contribution in [0.3, 0.4) is 0 Å². The molecule has 2 aliphatic rings. The normalized spacial score (nSPS) is 24.2. The van der Waals surface area contributed by atoms with Gasteiger partial charge in [0.2, 0.25) is 0 Å². The minimum atomic E-state index is -0.847. The summed E-state index contributed by atoms with van der Waals surface area (Å²) in [5, 5.41) is 2.90. The summed E-state index contributed by atoms with van der Waals surface area (Å²) in [5.74, 6) is 0.291. The lowest BCUT2D eigenvalue weighted by Gasteiger charge is -2.36. The number of imide groups is 1. The maximum absolute atomic E-state index is 13.1. The number of aryl methyl sites for hydroxylation is 1. The van der Waals surface area contributed by atoms with Crippen LogP contribution in [0.1, 0.15) is 54.4 Å². The van der Waals surface area contributed by atoms with E-state index >= 15 is 0 Å². The Bertz CT molecular complexity index is 981. The number of ketones is 1. The summed E-state index contributed by atoms with van der Waals surface area (Å²) in [5.41, 5.74) is 1.28. The Balaban J connectivity index is 1.59. The molecule has 2 aromatic heterocycles. The van der Waals surface area contributed by atoms with Gasteiger partial charge in [0.15, 0.2) is 5.78 Å². The van der Waals surface area contributed by atoms with Crippen LogP contribution in [-0.2, 0) is 4.79 Å². The molecule has 1 aliphatic carbocycles. The molecule has 4 rings (SSSR count). The number of Topliss-reactive ketones (excluding diaryl/α,β-unsaturated/α-hetero) is 1. The largest absolute Gasteiger partial charge is 0.325 e. The average Bonchev–Trinajstić information content (AvgIpc) is 3.13. The molecular weight excluding hydrogens is 368 g/mol. The van der Waals surface area contributed by atoms with Gasteiger partial charge in [0.1, 0.15) is 11.4 Å². The quantitative estimate of drug-likeness (QED) is 0.638. The van der Waals surface area contributed by atoms with E-state index in [-0.39, 0.29) is 24.2 Å². The number of hydrogen-bond donors (Lipinski definition) is 1. The topological polar surface area (TPSA) is 84.3 Å². The molecule has 3 amide bonds. The van der Waals surface area contributed by atoms with Gasteiger partial charge in [-0.05, 0) is 50.8 Å². The number of hydrogen-bond acceptors (Lipinski definition) is 4. The molecule has 0 radical (unpaired) electrons. The first-order valence-electron chi connectivity index (χ1n) is 10.1. The van der Waals surface area contributed by atoms with Crippen LogP contribution in [0.5, 0.6) is 0 Å². The van der Waals surface area contributed by atoms with Crippen LogP contribution in [0.15, 0.2) is 30.5 Å². The van der Waals surface area contributed by atoms with E-state index in [0.717, 1.165) is 41.4 Å². The van der Waals surface area contributed by atoms with Gasteiger partial charge in [-0.15, -0.1) is 0 Å². The summed E-state index contributed by atoms with van der Waals surface area (Å²) >= 11 is 0. The molecule has 1 saturated carbocycles. The van der Waals surface area contributed by atoms with Crippen molar-refractivity contribution in [2.24, 2.45) is 5.92 Å². The molecule has 2 atom stereocenters. The van der Waals surface area contributed by atoms with E-state index in [0.29, 0.717) is 12.0 Å². The van der Waals surface area contributed by atoms with Crippen molar-refractivity contribution in [1.82, 2.24) is 19.8 Å². The summed E-state index contributed by atoms with van der Waals surface area (Å²) in [6, 6.07) is 6.93. The maximum atomic E-state index is 13.1. The highest BCUT2D eigenvalue weighted by Crippen LogP contribution is 2.38. The second kappa shape index (κ2) is 7.13. The minimum absolute atomic E-state index is 0.0713. The highest BCUT2D eigenvalue weighted by atomic mass is 16.2. The Morgan fingerprint density at radius 3 is 2.76 bits per heavy atom. The van der Waals surface area contributed by atoms with Crippen molar-refractivity contribution < 1.29 is 14.4 Å². The zero-order chi connectivity index (χ0) is 20.8. The van der Waals surface area contributed by atoms with Crippen LogP contribution in [0.2, 0.25) is 0 Å². The van der Waals surface area contributed by atoms with Gasteiger partial charge < -0.3 is 9.88 Å². The van der Waals surface area contributed by atoms with E-state index < -0.39 is 11.6 Å². The van der Waals surface area contributed by atoms with Gasteiger partial charge in [-0.1, -0.05) is 25.8 Å². The van der Waals surface area contributed by atoms with Crippen LogP contribution in [-0.4, -0.2) is 44.3 Å². The number of amides is 3. The van der Waals surface area contributed by atoms with Crippen molar-refractivity contribution in [3.05, 3.63) is 47.4 Å². The van der Waals surface area contributed by atoms with Gasteiger partial charge in [-0.3, -0.25) is 14.5 Å². The Hall–Kier alpha value is -2.96. The molecule has 2 fully saturated rings. The van der Waals surface area contributed by atoms with Crippen molar-refractivity contribution >= 4 is 17.7 Å². The van der Waals surface area contributed by atoms with Crippen LogP contribution >= 0.6 is 0 Å². The average molecular weight is 394 g/mol. The molecule has 0 aromatic carbocycles. The fraction of sp³-hybridized carbons (Fsp3) is 0.455. The van der Waals surface area contributed by atoms with E-state index in [1.807, 2.05) is 43.5 Å². The summed E-state index contributed by atoms with van der Waals surface area (Å²) in [6.45, 7) is 5.52. The molecule has 3 heterocycles. The van der Waals surface area contributed by atoms with E-state index in [1.54, 1.807) is 12.3 Å². The Morgan fingerprint density at radius 1 is 1.28 bits per heavy atom. The van der Waals surface area contributed by atoms with Crippen LogP contribution < -0.4 is 5.32 Å². The number of pyridine rings is 1. The molecule has 0 bridgehead atoms. The van der Waals surface area contributed by atoms with Crippen LogP contribution in [0.25, 0.3) is 5.82 Å². The summed E-state index contributed by atoms with van der Waals surface area (Å²) in [7, 11) is 0. The summed E-state index contributed by atoms with van der Waals surface area (Å²) in [6.07, 6.45) is 5.21. The summed E-state index contributed by atoms with van der Waals surface area (Å²) < 4.78 is 1.91. The second-order valence-electron chi connectivity index (χ2n) is 8.17. The number of rotatable bonds is 4. The highest BCUT2D eigenvalue weighted by molar-refractivity contribution is 6.11. The zero-order valence-corrected chi connectivity index (χ0v) is 17.1. The van der Waals surface area contributed by atoms with Crippen molar-refractivity contribution in [2.45, 2.75) is 52.0 Å². The smallest absolute Gasteiger partial charge is 0.323 e. The minimum Gasteiger partial charge on any atom is -0.323 e. The molecule has 1 N–H and O–H groups in total. The maximum Gasteiger partial charge on any atom is 0.325 e. The lowest BCUT2D eigenvalue weighted by Crippen LogP contribution is -2.54. The van der Waals surface area contributed by atoms with Gasteiger partial charge in [0.05, 0.1) is 6.54 Å². The summed E-state index contributed by atoms with van der Waals surface area (Å²) in [4.78, 5) is 44.2. The molecule has 29 heavy (non-hydrogen) atoms. The fourth-order valence-electron chi connectivity index (χ4n) is 4.75. The van der Waals surface area contributed by atoms with Crippen molar-refractivity contribution in [1.29, 1.82) is 0 Å². The molecule has 2 aromatic rings. The van der Waals surface area contributed by atoms with E-state index in [1.165, 1.54) is 0 Å². The molecule has 7 nitrogen and oxygen atoms in total. The Morgan fingerprint density at radius 2 is 2.07 bits per heavy atom. The van der Waals surface area contributed by atoms with Gasteiger partial charge >= 0.3 is 6.03 Å². The van der Waals surface area contributed by atoms with Gasteiger partial charge in [0.25, 0.3) is 5.91 Å². The van der Waals surface area contributed by atoms with Gasteiger partial charge in [0, 0.05) is 23.1 Å². The monoisotopic (exact) mass is 394 g/mol. The van der Waals surface area contributed by atoms with Crippen molar-refractivity contribution in [2.75, 3.05) is 6.54 Å². The third-order valence-electron chi connectivity index (χ3n) is 6.41. The number of nitrogens with zero attached hydrogens (tertiary/aromatic N) is 3. The fourth-order valence-corrected chi connectivity index (χ4v) is 4.75. The van der Waals surface area contributed by atoms with Crippen molar-refractivity contribution in [3.8, 4) is 5.82 Å². The third-order valence-corrected chi connectivity index (χ3v) is 6.41. The molecule has 152 valence electrons. The number of nitrogens with one attached hydrogen (secondary N) is 1. The SMILES string of the molecule is Cc1cc(C(=O)CN2C(=O)N[C@]3(CCCC[C@@H]3C)C2=O)c(C)n1-c1ccccn1. The number of urea groups is 1. The lowest BCUT2D eigenvalue weighted by atomic mass is 9.73. The third kappa shape index (κ3) is 3.05. The molecule has 7 heteroatoms. The first-order valence-corrected chi connectivity index (χ1v) is 10.1.